The lowest BCUT2D eigenvalue weighted by Crippen LogP contribution is -2.40. The number of hydrogen-bond donors (Lipinski definition) is 0. The fourth-order valence-electron chi connectivity index (χ4n) is 4.00. The lowest BCUT2D eigenvalue weighted by molar-refractivity contribution is -0.116. The number of sulfone groups is 1. The number of carbonyl (C=O) groups excluding carboxylic acids is 1. The molecule has 0 aliphatic carbocycles. The van der Waals surface area contributed by atoms with E-state index >= 15 is 0 Å². The number of fused-ring (bicyclic) bond motifs is 1. The zero-order valence-corrected chi connectivity index (χ0v) is 21.7. The van der Waals surface area contributed by atoms with Gasteiger partial charge in [0.25, 0.3) is 0 Å². The molecule has 0 spiro atoms. The van der Waals surface area contributed by atoms with Crippen LogP contribution >= 0.6 is 11.3 Å². The lowest BCUT2D eigenvalue weighted by atomic mass is 10.2. The summed E-state index contributed by atoms with van der Waals surface area (Å²) in [6, 6.07) is 12.2. The minimum atomic E-state index is -3.82. The predicted molar refractivity (Wildman–Crippen MR) is 138 cm³/mol. The molecule has 2 aromatic carbocycles. The van der Waals surface area contributed by atoms with Crippen molar-refractivity contribution in [3.63, 3.8) is 0 Å². The SMILES string of the molecule is CCc1ccc2nc(N(CCCN3CCOCC3)C(=O)CS(=O)(=O)c3ccc(OC)cc3)sc2c1. The number of methoxy groups -OCH3 is 1. The number of carbonyl (C=O) groups is 1. The summed E-state index contributed by atoms with van der Waals surface area (Å²) in [7, 11) is -2.30. The Morgan fingerprint density at radius 3 is 2.60 bits per heavy atom. The van der Waals surface area contributed by atoms with E-state index in [0.29, 0.717) is 37.1 Å². The van der Waals surface area contributed by atoms with E-state index in [9.17, 15) is 13.2 Å². The fourth-order valence-corrected chi connectivity index (χ4v) is 6.27. The molecule has 1 amide bonds. The molecule has 2 heterocycles. The average molecular weight is 518 g/mol. The molecule has 35 heavy (non-hydrogen) atoms. The van der Waals surface area contributed by atoms with E-state index in [0.717, 1.165) is 36.3 Å². The van der Waals surface area contributed by atoms with E-state index in [2.05, 4.69) is 22.9 Å². The highest BCUT2D eigenvalue weighted by molar-refractivity contribution is 7.92. The van der Waals surface area contributed by atoms with E-state index in [4.69, 9.17) is 9.47 Å². The van der Waals surface area contributed by atoms with E-state index in [1.165, 1.54) is 41.0 Å². The molecule has 1 fully saturated rings. The molecule has 0 N–H and O–H groups in total. The van der Waals surface area contributed by atoms with E-state index < -0.39 is 21.5 Å². The Balaban J connectivity index is 1.55. The summed E-state index contributed by atoms with van der Waals surface area (Å²) in [5.41, 5.74) is 2.01. The Morgan fingerprint density at radius 1 is 1.17 bits per heavy atom. The van der Waals surface area contributed by atoms with Crippen molar-refractivity contribution in [1.82, 2.24) is 9.88 Å². The van der Waals surface area contributed by atoms with Gasteiger partial charge >= 0.3 is 0 Å². The third-order valence-electron chi connectivity index (χ3n) is 6.07. The molecule has 10 heteroatoms. The third-order valence-corrected chi connectivity index (χ3v) is 8.73. The first-order valence-electron chi connectivity index (χ1n) is 11.8. The number of hydrogen-bond acceptors (Lipinski definition) is 8. The molecule has 3 aromatic rings. The first-order valence-corrected chi connectivity index (χ1v) is 14.2. The van der Waals surface area contributed by atoms with Gasteiger partial charge in [-0.3, -0.25) is 14.6 Å². The van der Waals surface area contributed by atoms with Crippen LogP contribution in [0, 0.1) is 0 Å². The average Bonchev–Trinajstić information content (AvgIpc) is 3.29. The maximum atomic E-state index is 13.4. The molecule has 1 saturated heterocycles. The van der Waals surface area contributed by atoms with Gasteiger partial charge in [-0.2, -0.15) is 0 Å². The van der Waals surface area contributed by atoms with Crippen LogP contribution in [0.15, 0.2) is 47.4 Å². The Kier molecular flexibility index (Phi) is 8.38. The quantitative estimate of drug-likeness (QED) is 0.407. The molecule has 0 atom stereocenters. The zero-order chi connectivity index (χ0) is 24.8. The molecule has 8 nitrogen and oxygen atoms in total. The Labute approximate surface area is 210 Å². The number of thiazole rings is 1. The molecule has 0 saturated carbocycles. The maximum absolute atomic E-state index is 13.4. The van der Waals surface area contributed by atoms with Crippen LogP contribution in [0.5, 0.6) is 5.75 Å². The van der Waals surface area contributed by atoms with Crippen LogP contribution in [0.25, 0.3) is 10.2 Å². The van der Waals surface area contributed by atoms with E-state index in [1.54, 1.807) is 12.1 Å². The monoisotopic (exact) mass is 517 g/mol. The number of benzene rings is 2. The Morgan fingerprint density at radius 2 is 1.91 bits per heavy atom. The second-order valence-electron chi connectivity index (χ2n) is 8.44. The summed E-state index contributed by atoms with van der Waals surface area (Å²) in [4.78, 5) is 22.0. The number of amides is 1. The smallest absolute Gasteiger partial charge is 0.244 e. The second-order valence-corrected chi connectivity index (χ2v) is 11.4. The second kappa shape index (κ2) is 11.5. The van der Waals surface area contributed by atoms with Crippen molar-refractivity contribution in [2.75, 3.05) is 57.2 Å². The lowest BCUT2D eigenvalue weighted by Gasteiger charge is -2.27. The van der Waals surface area contributed by atoms with Crippen LogP contribution in [0.2, 0.25) is 0 Å². The van der Waals surface area contributed by atoms with Gasteiger partial charge in [0.15, 0.2) is 15.0 Å². The van der Waals surface area contributed by atoms with Gasteiger partial charge in [-0.05, 0) is 54.8 Å². The summed E-state index contributed by atoms with van der Waals surface area (Å²) < 4.78 is 37.6. The zero-order valence-electron chi connectivity index (χ0n) is 20.1. The van der Waals surface area contributed by atoms with Gasteiger partial charge in [-0.25, -0.2) is 13.4 Å². The standard InChI is InChI=1S/C25H31N3O5S2/c1-3-19-5-10-22-23(17-19)34-25(26-22)28(12-4-11-27-13-15-33-16-14-27)24(29)18-35(30,31)21-8-6-20(32-2)7-9-21/h5-10,17H,3-4,11-16,18H2,1-2H3. The van der Waals surface area contributed by atoms with Crippen molar-refractivity contribution in [3.8, 4) is 5.75 Å². The fraction of sp³-hybridized carbons (Fsp3) is 0.440. The normalized spacial score (nSPS) is 14.8. The van der Waals surface area contributed by atoms with Crippen molar-refractivity contribution in [2.24, 2.45) is 0 Å². The highest BCUT2D eigenvalue weighted by Gasteiger charge is 2.27. The van der Waals surface area contributed by atoms with Crippen molar-refractivity contribution in [3.05, 3.63) is 48.0 Å². The van der Waals surface area contributed by atoms with Gasteiger partial charge in [0.05, 0.1) is 35.4 Å². The van der Waals surface area contributed by atoms with Crippen molar-refractivity contribution < 1.29 is 22.7 Å². The number of ether oxygens (including phenoxy) is 2. The van der Waals surface area contributed by atoms with Crippen LogP contribution in [0.1, 0.15) is 18.9 Å². The number of aryl methyl sites for hydroxylation is 1. The van der Waals surface area contributed by atoms with Gasteiger partial charge in [0.1, 0.15) is 11.5 Å². The van der Waals surface area contributed by atoms with Crippen molar-refractivity contribution >= 4 is 42.4 Å². The Bertz CT molecular complexity index is 1250. The minimum Gasteiger partial charge on any atom is -0.497 e. The summed E-state index contributed by atoms with van der Waals surface area (Å²) in [6.45, 7) is 6.44. The molecule has 188 valence electrons. The highest BCUT2D eigenvalue weighted by Crippen LogP contribution is 2.30. The number of aromatic nitrogens is 1. The van der Waals surface area contributed by atoms with Crippen LogP contribution < -0.4 is 9.64 Å². The molecule has 0 radical (unpaired) electrons. The molecule has 0 bridgehead atoms. The van der Waals surface area contributed by atoms with Gasteiger partial charge in [-0.1, -0.05) is 24.3 Å². The number of morpholine rings is 1. The number of rotatable bonds is 10. The minimum absolute atomic E-state index is 0.0943. The van der Waals surface area contributed by atoms with Gasteiger partial charge in [0.2, 0.25) is 5.91 Å². The Hall–Kier alpha value is -2.53. The predicted octanol–water partition coefficient (Wildman–Crippen LogP) is 3.40. The summed E-state index contributed by atoms with van der Waals surface area (Å²) in [5, 5.41) is 0.533. The van der Waals surface area contributed by atoms with Crippen LogP contribution in [-0.4, -0.2) is 76.5 Å². The van der Waals surface area contributed by atoms with Crippen molar-refractivity contribution in [2.45, 2.75) is 24.7 Å². The molecule has 0 unspecified atom stereocenters. The molecular weight excluding hydrogens is 486 g/mol. The first kappa shape index (κ1) is 25.6. The molecule has 1 aliphatic rings. The largest absolute Gasteiger partial charge is 0.497 e. The first-order chi connectivity index (χ1) is 16.9. The van der Waals surface area contributed by atoms with Gasteiger partial charge < -0.3 is 9.47 Å². The number of anilines is 1. The summed E-state index contributed by atoms with van der Waals surface area (Å²) in [6.07, 6.45) is 1.62. The van der Waals surface area contributed by atoms with Crippen LogP contribution in [-0.2, 0) is 25.8 Å². The van der Waals surface area contributed by atoms with Crippen LogP contribution in [0.3, 0.4) is 0 Å². The number of nitrogens with zero attached hydrogens (tertiary/aromatic N) is 3. The van der Waals surface area contributed by atoms with Gasteiger partial charge in [0, 0.05) is 26.2 Å². The molecular formula is C25H31N3O5S2. The van der Waals surface area contributed by atoms with E-state index in [-0.39, 0.29) is 4.90 Å². The topological polar surface area (TPSA) is 89.0 Å². The third kappa shape index (κ3) is 6.38. The van der Waals surface area contributed by atoms with Crippen molar-refractivity contribution in [1.29, 1.82) is 0 Å². The van der Waals surface area contributed by atoms with E-state index in [1.807, 2.05) is 12.1 Å². The maximum Gasteiger partial charge on any atom is 0.244 e. The molecule has 1 aromatic heterocycles. The summed E-state index contributed by atoms with van der Waals surface area (Å²) >= 11 is 1.43. The highest BCUT2D eigenvalue weighted by atomic mass is 32.2. The van der Waals surface area contributed by atoms with Crippen LogP contribution in [0.4, 0.5) is 5.13 Å². The van der Waals surface area contributed by atoms with Gasteiger partial charge in [-0.15, -0.1) is 0 Å². The molecule has 4 rings (SSSR count). The summed E-state index contributed by atoms with van der Waals surface area (Å²) in [5.74, 6) is -0.536. The molecule has 1 aliphatic heterocycles.